The molecule has 1 saturated heterocycles. The highest BCUT2D eigenvalue weighted by molar-refractivity contribution is 5.78. The van der Waals surface area contributed by atoms with Crippen molar-refractivity contribution in [3.8, 4) is 0 Å². The molecule has 0 atom stereocenters. The third kappa shape index (κ3) is 6.13. The lowest BCUT2D eigenvalue weighted by molar-refractivity contribution is 0.00566. The maximum absolute atomic E-state index is 6.00. The number of hydrogen-bond acceptors (Lipinski definition) is 3. The van der Waals surface area contributed by atoms with Gasteiger partial charge in [0.2, 0.25) is 0 Å². The monoisotopic (exact) mass is 330 g/mol. The summed E-state index contributed by atoms with van der Waals surface area (Å²) in [5.41, 5.74) is 7.21. The molecule has 1 saturated carbocycles. The number of nitrogens with zero attached hydrogens (tertiary/aromatic N) is 2. The molecule has 0 spiro atoms. The van der Waals surface area contributed by atoms with E-state index in [1.807, 2.05) is 0 Å². The van der Waals surface area contributed by atoms with E-state index in [2.05, 4.69) is 45.5 Å². The van der Waals surface area contributed by atoms with Gasteiger partial charge in [-0.15, -0.1) is 0 Å². The molecule has 1 aliphatic carbocycles. The van der Waals surface area contributed by atoms with Crippen LogP contribution >= 0.6 is 0 Å². The summed E-state index contributed by atoms with van der Waals surface area (Å²) in [5, 5.41) is 3.20. The van der Waals surface area contributed by atoms with Crippen molar-refractivity contribution in [1.29, 1.82) is 0 Å². The molecule has 24 heavy (non-hydrogen) atoms. The number of likely N-dealkylation sites (tertiary alicyclic amines) is 1. The minimum Gasteiger partial charge on any atom is -0.378 e. The number of piperidine rings is 1. The summed E-state index contributed by atoms with van der Waals surface area (Å²) >= 11 is 0. The summed E-state index contributed by atoms with van der Waals surface area (Å²) in [7, 11) is 0. The quantitative estimate of drug-likeness (QED) is 0.435. The summed E-state index contributed by atoms with van der Waals surface area (Å²) in [6, 6.07) is 11.3. The zero-order chi connectivity index (χ0) is 16.6. The van der Waals surface area contributed by atoms with E-state index >= 15 is 0 Å². The van der Waals surface area contributed by atoms with Crippen molar-refractivity contribution in [2.24, 2.45) is 10.7 Å². The highest BCUT2D eigenvalue weighted by Crippen LogP contribution is 2.18. The normalized spacial score (nSPS) is 20.2. The number of nitrogens with two attached hydrogens (primary N) is 1. The Balaban J connectivity index is 1.24. The Hall–Kier alpha value is -1.59. The standard InChI is InChI=1S/C19H30N4O/c20-19(22-17-7-8-17)21-11-4-14-24-18-9-12-23(13-10-18)15-16-5-2-1-3-6-16/h1-3,5-6,17-18H,4,7-15H2,(H3,20,21,22). The number of hydrogen-bond donors (Lipinski definition) is 2. The predicted molar refractivity (Wildman–Crippen MR) is 98.0 cm³/mol. The second-order valence-electron chi connectivity index (χ2n) is 6.87. The molecule has 5 heteroatoms. The van der Waals surface area contributed by atoms with Gasteiger partial charge in [0, 0.05) is 38.8 Å². The molecule has 1 aromatic rings. The van der Waals surface area contributed by atoms with Crippen molar-refractivity contribution in [2.45, 2.75) is 50.8 Å². The molecule has 3 N–H and O–H groups in total. The van der Waals surface area contributed by atoms with Gasteiger partial charge in [0.05, 0.1) is 6.10 Å². The highest BCUT2D eigenvalue weighted by atomic mass is 16.5. The first kappa shape index (κ1) is 17.2. The van der Waals surface area contributed by atoms with Gasteiger partial charge in [-0.25, -0.2) is 0 Å². The number of benzene rings is 1. The van der Waals surface area contributed by atoms with Crippen LogP contribution in [0, 0.1) is 0 Å². The summed E-state index contributed by atoms with van der Waals surface area (Å²) in [6.45, 7) is 4.82. The maximum atomic E-state index is 6.00. The highest BCUT2D eigenvalue weighted by Gasteiger charge is 2.21. The lowest BCUT2D eigenvalue weighted by Gasteiger charge is -2.31. The summed E-state index contributed by atoms with van der Waals surface area (Å²) in [4.78, 5) is 6.86. The van der Waals surface area contributed by atoms with Crippen molar-refractivity contribution in [3.63, 3.8) is 0 Å². The van der Waals surface area contributed by atoms with Crippen molar-refractivity contribution < 1.29 is 4.74 Å². The molecule has 5 nitrogen and oxygen atoms in total. The van der Waals surface area contributed by atoms with Crippen molar-refractivity contribution in [3.05, 3.63) is 35.9 Å². The molecule has 0 unspecified atom stereocenters. The number of nitrogens with one attached hydrogen (secondary N) is 1. The molecule has 1 heterocycles. The number of rotatable bonds is 8. The van der Waals surface area contributed by atoms with E-state index in [9.17, 15) is 0 Å². The van der Waals surface area contributed by atoms with E-state index in [1.54, 1.807) is 0 Å². The molecular weight excluding hydrogens is 300 g/mol. The van der Waals surface area contributed by atoms with Crippen LogP contribution in [-0.4, -0.2) is 49.2 Å². The molecule has 132 valence electrons. The van der Waals surface area contributed by atoms with Crippen LogP contribution in [0.1, 0.15) is 37.7 Å². The molecular formula is C19H30N4O. The van der Waals surface area contributed by atoms with Crippen LogP contribution in [-0.2, 0) is 11.3 Å². The molecule has 0 radical (unpaired) electrons. The van der Waals surface area contributed by atoms with Crippen LogP contribution in [0.5, 0.6) is 0 Å². The Morgan fingerprint density at radius 2 is 1.92 bits per heavy atom. The third-order valence-corrected chi connectivity index (χ3v) is 4.65. The first-order chi connectivity index (χ1) is 11.8. The van der Waals surface area contributed by atoms with E-state index in [1.165, 1.54) is 18.4 Å². The molecule has 1 aliphatic heterocycles. The van der Waals surface area contributed by atoms with Crippen LogP contribution in [0.15, 0.2) is 35.3 Å². The van der Waals surface area contributed by atoms with Gasteiger partial charge >= 0.3 is 0 Å². The van der Waals surface area contributed by atoms with Gasteiger partial charge in [-0.3, -0.25) is 9.89 Å². The summed E-state index contributed by atoms with van der Waals surface area (Å²) in [6.07, 6.45) is 6.05. The van der Waals surface area contributed by atoms with E-state index < -0.39 is 0 Å². The van der Waals surface area contributed by atoms with Crippen LogP contribution in [0.4, 0.5) is 0 Å². The Bertz CT molecular complexity index is 507. The third-order valence-electron chi connectivity index (χ3n) is 4.65. The molecule has 0 bridgehead atoms. The Kier molecular flexibility index (Phi) is 6.49. The van der Waals surface area contributed by atoms with Crippen molar-refractivity contribution >= 4 is 5.96 Å². The fraction of sp³-hybridized carbons (Fsp3) is 0.632. The van der Waals surface area contributed by atoms with Crippen molar-refractivity contribution in [1.82, 2.24) is 10.2 Å². The van der Waals surface area contributed by atoms with Crippen molar-refractivity contribution in [2.75, 3.05) is 26.2 Å². The molecule has 3 rings (SSSR count). The zero-order valence-corrected chi connectivity index (χ0v) is 14.5. The lowest BCUT2D eigenvalue weighted by Crippen LogP contribution is -2.36. The fourth-order valence-electron chi connectivity index (χ4n) is 3.07. The Labute approximate surface area is 145 Å². The Morgan fingerprint density at radius 1 is 1.17 bits per heavy atom. The zero-order valence-electron chi connectivity index (χ0n) is 14.5. The minimum atomic E-state index is 0.405. The number of ether oxygens (including phenoxy) is 1. The summed E-state index contributed by atoms with van der Waals surface area (Å²) in [5.74, 6) is 0.590. The van der Waals surface area contributed by atoms with E-state index in [0.717, 1.165) is 52.0 Å². The van der Waals surface area contributed by atoms with Crippen LogP contribution in [0.2, 0.25) is 0 Å². The Morgan fingerprint density at radius 3 is 2.62 bits per heavy atom. The van der Waals surface area contributed by atoms with E-state index in [-0.39, 0.29) is 0 Å². The molecule has 0 amide bonds. The van der Waals surface area contributed by atoms with Gasteiger partial charge in [-0.05, 0) is 37.7 Å². The first-order valence-electron chi connectivity index (χ1n) is 9.24. The van der Waals surface area contributed by atoms with Gasteiger partial charge in [-0.1, -0.05) is 30.3 Å². The second-order valence-corrected chi connectivity index (χ2v) is 6.87. The SMILES string of the molecule is NC(=NCCCOC1CCN(Cc2ccccc2)CC1)NC1CC1. The molecule has 1 aromatic carbocycles. The smallest absolute Gasteiger partial charge is 0.188 e. The largest absolute Gasteiger partial charge is 0.378 e. The summed E-state index contributed by atoms with van der Waals surface area (Å²) < 4.78 is 6.00. The van der Waals surface area contributed by atoms with Gasteiger partial charge in [0.25, 0.3) is 0 Å². The maximum Gasteiger partial charge on any atom is 0.188 e. The first-order valence-corrected chi connectivity index (χ1v) is 9.24. The minimum absolute atomic E-state index is 0.405. The van der Waals surface area contributed by atoms with E-state index in [4.69, 9.17) is 10.5 Å². The predicted octanol–water partition coefficient (Wildman–Crippen LogP) is 2.12. The van der Waals surface area contributed by atoms with Gasteiger partial charge in [-0.2, -0.15) is 0 Å². The van der Waals surface area contributed by atoms with Crippen LogP contribution in [0.25, 0.3) is 0 Å². The van der Waals surface area contributed by atoms with Crippen LogP contribution < -0.4 is 11.1 Å². The molecule has 2 fully saturated rings. The lowest BCUT2D eigenvalue weighted by atomic mass is 10.1. The van der Waals surface area contributed by atoms with Gasteiger partial charge in [0.15, 0.2) is 5.96 Å². The topological polar surface area (TPSA) is 62.9 Å². The van der Waals surface area contributed by atoms with Gasteiger partial charge in [0.1, 0.15) is 0 Å². The number of guanidine groups is 1. The molecule has 0 aromatic heterocycles. The fourth-order valence-corrected chi connectivity index (χ4v) is 3.07. The van der Waals surface area contributed by atoms with E-state index in [0.29, 0.717) is 18.1 Å². The van der Waals surface area contributed by atoms with Gasteiger partial charge < -0.3 is 15.8 Å². The molecule has 2 aliphatic rings. The average Bonchev–Trinajstić information content (AvgIpc) is 3.41. The van der Waals surface area contributed by atoms with Crippen LogP contribution in [0.3, 0.4) is 0 Å². The number of aliphatic imine (C=N–C) groups is 1. The second kappa shape index (κ2) is 9.04. The average molecular weight is 330 g/mol.